The number of aromatic nitrogens is 3. The minimum absolute atomic E-state index is 0.0651. The van der Waals surface area contributed by atoms with Crippen molar-refractivity contribution in [2.45, 2.75) is 19.5 Å². The number of alkyl halides is 3. The van der Waals surface area contributed by atoms with Gasteiger partial charge in [-0.1, -0.05) is 60.2 Å². The second-order valence-corrected chi connectivity index (χ2v) is 9.49. The van der Waals surface area contributed by atoms with Gasteiger partial charge < -0.3 is 5.11 Å². The minimum atomic E-state index is -4.81. The van der Waals surface area contributed by atoms with Gasteiger partial charge in [0.05, 0.1) is 5.69 Å². The lowest BCUT2D eigenvalue weighted by atomic mass is 9.96. The Hall–Kier alpha value is -4.31. The summed E-state index contributed by atoms with van der Waals surface area (Å²) in [4.78, 5) is 15.2. The Balaban J connectivity index is 1.73. The molecule has 192 valence electrons. The first-order chi connectivity index (χ1) is 18.1. The van der Waals surface area contributed by atoms with Crippen LogP contribution in [0.25, 0.3) is 27.5 Å². The van der Waals surface area contributed by atoms with Gasteiger partial charge in [0.15, 0.2) is 11.4 Å². The van der Waals surface area contributed by atoms with Crippen LogP contribution in [0.3, 0.4) is 0 Å². The average molecular weight is 538 g/mol. The van der Waals surface area contributed by atoms with Gasteiger partial charge in [0.25, 0.3) is 0 Å². The highest BCUT2D eigenvalue weighted by Gasteiger charge is 2.41. The number of carboxylic acids is 1. The van der Waals surface area contributed by atoms with Crippen LogP contribution in [0.4, 0.5) is 17.6 Å². The number of nitrogens with zero attached hydrogens (tertiary/aromatic N) is 3. The Morgan fingerprint density at radius 3 is 2.29 bits per heavy atom. The Kier molecular flexibility index (Phi) is 6.58. The van der Waals surface area contributed by atoms with E-state index in [1.807, 2.05) is 19.1 Å². The van der Waals surface area contributed by atoms with Crippen molar-refractivity contribution in [1.82, 2.24) is 14.8 Å². The van der Waals surface area contributed by atoms with Crippen LogP contribution in [-0.4, -0.2) is 25.8 Å². The van der Waals surface area contributed by atoms with Crippen LogP contribution in [-0.2, 0) is 12.6 Å². The third-order valence-corrected chi connectivity index (χ3v) is 6.78. The van der Waals surface area contributed by atoms with Crippen molar-refractivity contribution in [2.24, 2.45) is 0 Å². The van der Waals surface area contributed by atoms with Crippen molar-refractivity contribution in [1.29, 1.82) is 0 Å². The molecule has 0 aliphatic rings. The van der Waals surface area contributed by atoms with Crippen molar-refractivity contribution in [2.75, 3.05) is 0 Å². The lowest BCUT2D eigenvalue weighted by molar-refractivity contribution is -0.143. The summed E-state index contributed by atoms with van der Waals surface area (Å²) in [7, 11) is 0. The Morgan fingerprint density at radius 2 is 1.66 bits per heavy atom. The van der Waals surface area contributed by atoms with E-state index in [4.69, 9.17) is 0 Å². The standard InChI is InChI=1S/C28H19F4N3O2S/c1-16-5-7-17(8-6-16)13-22-24(20-4-2-3-19(14-20)18-9-11-21(29)12-10-18)34-35(25(22)28(30,31)32)27-33-23(15-38-27)26(36)37/h2-12,14-15H,13H2,1H3,(H,36,37). The van der Waals surface area contributed by atoms with E-state index in [9.17, 15) is 27.5 Å². The molecule has 2 aromatic heterocycles. The molecule has 0 unspecified atom stereocenters. The Labute approximate surface area is 218 Å². The largest absolute Gasteiger partial charge is 0.476 e. The number of thiazole rings is 1. The van der Waals surface area contributed by atoms with Gasteiger partial charge >= 0.3 is 12.1 Å². The fraction of sp³-hybridized carbons (Fsp3) is 0.107. The fourth-order valence-electron chi connectivity index (χ4n) is 4.14. The van der Waals surface area contributed by atoms with Crippen LogP contribution in [0, 0.1) is 12.7 Å². The molecule has 0 atom stereocenters. The summed E-state index contributed by atoms with van der Waals surface area (Å²) in [6, 6.07) is 19.8. The predicted octanol–water partition coefficient (Wildman–Crippen LogP) is 7.42. The number of hydrogen-bond donors (Lipinski definition) is 1. The number of aryl methyl sites for hydroxylation is 1. The number of halogens is 4. The first kappa shape index (κ1) is 25.3. The maximum atomic E-state index is 14.6. The topological polar surface area (TPSA) is 68.0 Å². The first-order valence-corrected chi connectivity index (χ1v) is 12.3. The van der Waals surface area contributed by atoms with Gasteiger partial charge in [0.2, 0.25) is 5.13 Å². The Bertz CT molecular complexity index is 1620. The molecule has 0 bridgehead atoms. The maximum absolute atomic E-state index is 14.6. The molecule has 0 fully saturated rings. The minimum Gasteiger partial charge on any atom is -0.476 e. The van der Waals surface area contributed by atoms with E-state index in [2.05, 4.69) is 10.1 Å². The third kappa shape index (κ3) is 5.08. The smallest absolute Gasteiger partial charge is 0.433 e. The lowest BCUT2D eigenvalue weighted by Crippen LogP contribution is -2.16. The van der Waals surface area contributed by atoms with Crippen LogP contribution < -0.4 is 0 Å². The van der Waals surface area contributed by atoms with E-state index in [1.165, 1.54) is 17.5 Å². The maximum Gasteiger partial charge on any atom is 0.433 e. The summed E-state index contributed by atoms with van der Waals surface area (Å²) in [5, 5.41) is 14.6. The molecule has 10 heteroatoms. The molecular formula is C28H19F4N3O2S. The zero-order valence-corrected chi connectivity index (χ0v) is 20.6. The van der Waals surface area contributed by atoms with Gasteiger partial charge in [-0.2, -0.15) is 18.3 Å². The summed E-state index contributed by atoms with van der Waals surface area (Å²) < 4.78 is 57.9. The highest BCUT2D eigenvalue weighted by molar-refractivity contribution is 7.12. The first-order valence-electron chi connectivity index (χ1n) is 11.4. The van der Waals surface area contributed by atoms with E-state index in [0.717, 1.165) is 16.9 Å². The molecule has 0 aliphatic carbocycles. The molecule has 0 saturated heterocycles. The molecule has 1 N–H and O–H groups in total. The number of aromatic carboxylic acids is 1. The molecule has 5 nitrogen and oxygen atoms in total. The van der Waals surface area contributed by atoms with Crippen molar-refractivity contribution >= 4 is 17.3 Å². The molecule has 0 radical (unpaired) electrons. The van der Waals surface area contributed by atoms with Crippen molar-refractivity contribution in [3.63, 3.8) is 0 Å². The summed E-state index contributed by atoms with van der Waals surface area (Å²) in [5.74, 6) is -1.75. The van der Waals surface area contributed by atoms with Crippen LogP contribution in [0.5, 0.6) is 0 Å². The quantitative estimate of drug-likeness (QED) is 0.229. The molecule has 0 amide bonds. The second-order valence-electron chi connectivity index (χ2n) is 8.66. The second kappa shape index (κ2) is 9.86. The molecular weight excluding hydrogens is 518 g/mol. The van der Waals surface area contributed by atoms with Crippen molar-refractivity contribution < 1.29 is 27.5 Å². The Morgan fingerprint density at radius 1 is 0.974 bits per heavy atom. The van der Waals surface area contributed by atoms with E-state index < -0.39 is 23.7 Å². The van der Waals surface area contributed by atoms with Crippen LogP contribution in [0.2, 0.25) is 0 Å². The lowest BCUT2D eigenvalue weighted by Gasteiger charge is -2.12. The third-order valence-electron chi connectivity index (χ3n) is 5.96. The monoisotopic (exact) mass is 537 g/mol. The van der Waals surface area contributed by atoms with E-state index >= 15 is 0 Å². The number of benzene rings is 3. The fourth-order valence-corrected chi connectivity index (χ4v) is 4.89. The molecule has 0 saturated carbocycles. The van der Waals surface area contributed by atoms with Gasteiger partial charge in [-0.3, -0.25) is 0 Å². The number of hydrogen-bond acceptors (Lipinski definition) is 4. The van der Waals surface area contributed by atoms with Crippen molar-refractivity contribution in [3.8, 4) is 27.5 Å². The van der Waals surface area contributed by atoms with Crippen LogP contribution in [0.1, 0.15) is 32.9 Å². The molecule has 0 spiro atoms. The molecule has 5 aromatic rings. The summed E-state index contributed by atoms with van der Waals surface area (Å²) in [6.45, 7) is 1.89. The summed E-state index contributed by atoms with van der Waals surface area (Å²) >= 11 is 0.761. The summed E-state index contributed by atoms with van der Waals surface area (Å²) in [5.41, 5.74) is 2.05. The van der Waals surface area contributed by atoms with Gasteiger partial charge in [-0.15, -0.1) is 11.3 Å². The molecule has 0 aliphatic heterocycles. The predicted molar refractivity (Wildman–Crippen MR) is 136 cm³/mol. The van der Waals surface area contributed by atoms with Gasteiger partial charge in [-0.05, 0) is 41.8 Å². The van der Waals surface area contributed by atoms with Gasteiger partial charge in [0.1, 0.15) is 5.82 Å². The number of rotatable bonds is 6. The van der Waals surface area contributed by atoms with Gasteiger partial charge in [-0.25, -0.2) is 18.9 Å². The summed E-state index contributed by atoms with van der Waals surface area (Å²) in [6.07, 6.45) is -4.88. The number of carbonyl (C=O) groups is 1. The average Bonchev–Trinajstić information content (AvgIpc) is 3.51. The van der Waals surface area contributed by atoms with Gasteiger partial charge in [0, 0.05) is 22.9 Å². The normalized spacial score (nSPS) is 11.6. The van der Waals surface area contributed by atoms with Crippen molar-refractivity contribution in [3.05, 3.63) is 112 Å². The van der Waals surface area contributed by atoms with Crippen LogP contribution >= 0.6 is 11.3 Å². The SMILES string of the molecule is Cc1ccc(Cc2c(-c3cccc(-c4ccc(F)cc4)c3)nn(-c3nc(C(=O)O)cs3)c2C(F)(F)F)cc1. The zero-order chi connectivity index (χ0) is 27.0. The van der Waals surface area contributed by atoms with E-state index in [0.29, 0.717) is 26.9 Å². The molecule has 3 aromatic carbocycles. The zero-order valence-electron chi connectivity index (χ0n) is 19.8. The highest BCUT2D eigenvalue weighted by Crippen LogP contribution is 2.40. The van der Waals surface area contributed by atoms with E-state index in [1.54, 1.807) is 48.5 Å². The van der Waals surface area contributed by atoms with E-state index in [-0.39, 0.29) is 28.5 Å². The highest BCUT2D eigenvalue weighted by atomic mass is 32.1. The molecule has 5 rings (SSSR count). The molecule has 2 heterocycles. The molecule has 38 heavy (non-hydrogen) atoms. The van der Waals surface area contributed by atoms with Crippen LogP contribution in [0.15, 0.2) is 78.2 Å². The number of carboxylic acid groups (broad SMARTS) is 1.